The van der Waals surface area contributed by atoms with Gasteiger partial charge in [0.1, 0.15) is 11.5 Å². The fraction of sp³-hybridized carbons (Fsp3) is 0.0952. The summed E-state index contributed by atoms with van der Waals surface area (Å²) >= 11 is 0. The van der Waals surface area contributed by atoms with E-state index in [2.05, 4.69) is 4.98 Å². The Labute approximate surface area is 170 Å². The Morgan fingerprint density at radius 2 is 1.93 bits per heavy atom. The number of nitrogens with zero attached hydrogens (tertiary/aromatic N) is 3. The number of aliphatic hydroxyl groups excluding tert-OH is 1. The largest absolute Gasteiger partial charge is 0.507 e. The second-order valence-electron chi connectivity index (χ2n) is 6.59. The van der Waals surface area contributed by atoms with Crippen LogP contribution in [0.3, 0.4) is 0 Å². The third kappa shape index (κ3) is 3.32. The van der Waals surface area contributed by atoms with Gasteiger partial charge in [0.25, 0.3) is 17.4 Å². The number of hydrogen-bond acceptors (Lipinski definition) is 7. The maximum absolute atomic E-state index is 12.9. The third-order valence-corrected chi connectivity index (χ3v) is 4.80. The second-order valence-corrected chi connectivity index (χ2v) is 6.59. The van der Waals surface area contributed by atoms with Gasteiger partial charge in [-0.25, -0.2) is 0 Å². The molecule has 150 valence electrons. The lowest BCUT2D eigenvalue weighted by molar-refractivity contribution is -0.384. The predicted octanol–water partition coefficient (Wildman–Crippen LogP) is 3.20. The monoisotopic (exact) mass is 405 g/mol. The molecule has 1 aliphatic heterocycles. The van der Waals surface area contributed by atoms with E-state index in [1.54, 1.807) is 18.2 Å². The fourth-order valence-electron chi connectivity index (χ4n) is 3.43. The minimum Gasteiger partial charge on any atom is -0.507 e. The molecule has 0 bridgehead atoms. The summed E-state index contributed by atoms with van der Waals surface area (Å²) in [6.45, 7) is -0.0436. The number of aromatic nitrogens is 1. The van der Waals surface area contributed by atoms with Crippen LogP contribution in [0.15, 0.2) is 77.2 Å². The molecule has 1 unspecified atom stereocenters. The molecule has 0 spiro atoms. The molecule has 3 heterocycles. The van der Waals surface area contributed by atoms with Crippen molar-refractivity contribution in [3.8, 4) is 0 Å². The number of aliphatic hydroxyl groups is 1. The van der Waals surface area contributed by atoms with Crippen molar-refractivity contribution in [1.29, 1.82) is 0 Å². The van der Waals surface area contributed by atoms with Crippen molar-refractivity contribution in [3.63, 3.8) is 0 Å². The molecule has 3 aromatic rings. The lowest BCUT2D eigenvalue weighted by atomic mass is 9.95. The fourth-order valence-corrected chi connectivity index (χ4v) is 3.43. The van der Waals surface area contributed by atoms with Gasteiger partial charge in [-0.05, 0) is 29.8 Å². The quantitative estimate of drug-likeness (QED) is 0.227. The summed E-state index contributed by atoms with van der Waals surface area (Å²) in [6, 6.07) is 10.9. The zero-order valence-corrected chi connectivity index (χ0v) is 15.5. The molecule has 0 saturated carbocycles. The van der Waals surface area contributed by atoms with Crippen molar-refractivity contribution in [2.45, 2.75) is 12.6 Å². The molecule has 1 atom stereocenters. The maximum atomic E-state index is 12.9. The highest BCUT2D eigenvalue weighted by Crippen LogP contribution is 2.41. The molecule has 2 aromatic heterocycles. The molecule has 9 nitrogen and oxygen atoms in total. The van der Waals surface area contributed by atoms with Crippen molar-refractivity contribution in [2.24, 2.45) is 0 Å². The molecule has 0 radical (unpaired) electrons. The first-order valence-corrected chi connectivity index (χ1v) is 8.93. The predicted molar refractivity (Wildman–Crippen MR) is 104 cm³/mol. The van der Waals surface area contributed by atoms with Crippen LogP contribution >= 0.6 is 0 Å². The van der Waals surface area contributed by atoms with Gasteiger partial charge in [0, 0.05) is 30.1 Å². The molecule has 1 amide bonds. The second kappa shape index (κ2) is 7.63. The minimum absolute atomic E-state index is 0.0436. The van der Waals surface area contributed by atoms with E-state index in [1.807, 2.05) is 0 Å². The van der Waals surface area contributed by atoms with Crippen LogP contribution in [0.5, 0.6) is 0 Å². The average molecular weight is 405 g/mol. The van der Waals surface area contributed by atoms with Gasteiger partial charge in [0.15, 0.2) is 0 Å². The van der Waals surface area contributed by atoms with Crippen LogP contribution in [-0.4, -0.2) is 31.6 Å². The number of nitro groups is 1. The highest BCUT2D eigenvalue weighted by atomic mass is 16.6. The Morgan fingerprint density at radius 3 is 2.60 bits per heavy atom. The number of ketones is 1. The first-order chi connectivity index (χ1) is 14.5. The van der Waals surface area contributed by atoms with Gasteiger partial charge < -0.3 is 14.4 Å². The lowest BCUT2D eigenvalue weighted by Crippen LogP contribution is -2.29. The van der Waals surface area contributed by atoms with E-state index < -0.39 is 22.7 Å². The molecule has 0 aliphatic carbocycles. The van der Waals surface area contributed by atoms with Gasteiger partial charge in [0.05, 0.1) is 29.3 Å². The molecule has 1 N–H and O–H groups in total. The highest BCUT2D eigenvalue weighted by molar-refractivity contribution is 6.46. The van der Waals surface area contributed by atoms with Crippen LogP contribution in [0, 0.1) is 10.1 Å². The number of Topliss-reactive ketones (excluding diaryl/α,β-unsaturated/α-hetero) is 1. The average Bonchev–Trinajstić information content (AvgIpc) is 3.36. The van der Waals surface area contributed by atoms with Gasteiger partial charge in [0.2, 0.25) is 0 Å². The summed E-state index contributed by atoms with van der Waals surface area (Å²) in [7, 11) is 0. The molecule has 4 rings (SSSR count). The van der Waals surface area contributed by atoms with Crippen molar-refractivity contribution in [2.75, 3.05) is 0 Å². The standard InChI is InChI=1S/C21H15N3O6/c25-19(13-6-8-22-9-7-13)17-18(14-3-1-4-15(11-14)24(28)29)23(21(27)20(17)26)12-16-5-2-10-30-16/h1-11,18,25H,12H2. The Balaban J connectivity index is 1.89. The summed E-state index contributed by atoms with van der Waals surface area (Å²) < 4.78 is 5.31. The van der Waals surface area contributed by atoms with Crippen molar-refractivity contribution >= 4 is 23.1 Å². The summed E-state index contributed by atoms with van der Waals surface area (Å²) in [5.41, 5.74) is 0.278. The molecule has 1 aliphatic rings. The molecular formula is C21H15N3O6. The maximum Gasteiger partial charge on any atom is 0.296 e. The number of nitro benzene ring substituents is 1. The number of rotatable bonds is 5. The summed E-state index contributed by atoms with van der Waals surface area (Å²) in [4.78, 5) is 41.5. The molecule has 9 heteroatoms. The highest BCUT2D eigenvalue weighted by Gasteiger charge is 2.46. The van der Waals surface area contributed by atoms with Gasteiger partial charge in [-0.2, -0.15) is 0 Å². The molecular weight excluding hydrogens is 390 g/mol. The zero-order valence-electron chi connectivity index (χ0n) is 15.5. The summed E-state index contributed by atoms with van der Waals surface area (Å²) in [6.07, 6.45) is 4.32. The van der Waals surface area contributed by atoms with Gasteiger partial charge in [-0.3, -0.25) is 24.7 Å². The van der Waals surface area contributed by atoms with Crippen LogP contribution in [-0.2, 0) is 16.1 Å². The minimum atomic E-state index is -1.02. The van der Waals surface area contributed by atoms with Gasteiger partial charge in [-0.15, -0.1) is 0 Å². The number of non-ortho nitro benzene ring substituents is 1. The number of hydrogen-bond donors (Lipinski definition) is 1. The number of benzene rings is 1. The van der Waals surface area contributed by atoms with E-state index in [4.69, 9.17) is 4.42 Å². The third-order valence-electron chi connectivity index (χ3n) is 4.80. The van der Waals surface area contributed by atoms with Crippen LogP contribution in [0.4, 0.5) is 5.69 Å². The topological polar surface area (TPSA) is 127 Å². The van der Waals surface area contributed by atoms with Crippen LogP contribution < -0.4 is 0 Å². The van der Waals surface area contributed by atoms with Crippen LogP contribution in [0.2, 0.25) is 0 Å². The lowest BCUT2D eigenvalue weighted by Gasteiger charge is -2.24. The van der Waals surface area contributed by atoms with E-state index >= 15 is 0 Å². The Bertz CT molecular complexity index is 1150. The summed E-state index contributed by atoms with van der Waals surface area (Å²) in [5, 5.41) is 22.1. The zero-order chi connectivity index (χ0) is 21.3. The number of furan rings is 1. The van der Waals surface area contributed by atoms with E-state index in [-0.39, 0.29) is 23.6 Å². The van der Waals surface area contributed by atoms with Crippen LogP contribution in [0.25, 0.3) is 5.76 Å². The number of pyridine rings is 1. The van der Waals surface area contributed by atoms with E-state index in [9.17, 15) is 24.8 Å². The Hall–Kier alpha value is -4.27. The van der Waals surface area contributed by atoms with Gasteiger partial charge >= 0.3 is 0 Å². The first kappa shape index (κ1) is 19.1. The Morgan fingerprint density at radius 1 is 1.17 bits per heavy atom. The van der Waals surface area contributed by atoms with Crippen molar-refractivity contribution in [3.05, 3.63) is 99.8 Å². The molecule has 1 saturated heterocycles. The molecule has 1 aromatic carbocycles. The van der Waals surface area contributed by atoms with Crippen molar-refractivity contribution in [1.82, 2.24) is 9.88 Å². The molecule has 1 fully saturated rings. The van der Waals surface area contributed by atoms with Crippen LogP contribution in [0.1, 0.15) is 22.9 Å². The Kier molecular flexibility index (Phi) is 4.85. The van der Waals surface area contributed by atoms with E-state index in [0.717, 1.165) is 0 Å². The van der Waals surface area contributed by atoms with Crippen molar-refractivity contribution < 1.29 is 24.0 Å². The first-order valence-electron chi connectivity index (χ1n) is 8.93. The number of amides is 1. The number of likely N-dealkylation sites (tertiary alicyclic amines) is 1. The number of carbonyl (C=O) groups is 2. The van der Waals surface area contributed by atoms with E-state index in [0.29, 0.717) is 16.9 Å². The normalized spacial score (nSPS) is 18.0. The SMILES string of the molecule is O=C1C(=O)N(Cc2ccco2)C(c2cccc([N+](=O)[O-])c2)C1=C(O)c1ccncc1. The number of carbonyl (C=O) groups excluding carboxylic acids is 2. The summed E-state index contributed by atoms with van der Waals surface area (Å²) in [5.74, 6) is -1.67. The smallest absolute Gasteiger partial charge is 0.296 e. The van der Waals surface area contributed by atoms with E-state index in [1.165, 1.54) is 53.9 Å². The van der Waals surface area contributed by atoms with Gasteiger partial charge in [-0.1, -0.05) is 12.1 Å². The molecule has 30 heavy (non-hydrogen) atoms.